The van der Waals surface area contributed by atoms with Crippen LogP contribution in [0.5, 0.6) is 5.75 Å². The number of hydrogen-bond acceptors (Lipinski definition) is 4. The molecular formula is C28H26N2O4. The van der Waals surface area contributed by atoms with E-state index in [9.17, 15) is 14.4 Å². The van der Waals surface area contributed by atoms with Crippen molar-refractivity contribution >= 4 is 17.6 Å². The largest absolute Gasteiger partial charge is 0.497 e. The van der Waals surface area contributed by atoms with Crippen LogP contribution in [-0.2, 0) is 27.5 Å². The molecule has 2 amide bonds. The molecule has 34 heavy (non-hydrogen) atoms. The standard InChI is InChI=1S/C28H26N2O4/c1-34-22-14-12-19(13-15-22)16-29-26(32)24-23(21-10-6-3-7-11-21)28(24)18-30(27(33)25(28)31)17-20-8-4-2-5-9-20/h2-15,23-24H,16-18H2,1H3,(H,29,32)/t23-,24+,28-/m0/s1. The van der Waals surface area contributed by atoms with E-state index >= 15 is 0 Å². The van der Waals surface area contributed by atoms with Crippen molar-refractivity contribution in [3.8, 4) is 5.75 Å². The van der Waals surface area contributed by atoms with Crippen LogP contribution in [0.3, 0.4) is 0 Å². The monoisotopic (exact) mass is 454 g/mol. The van der Waals surface area contributed by atoms with Gasteiger partial charge in [-0.25, -0.2) is 0 Å². The van der Waals surface area contributed by atoms with E-state index in [1.54, 1.807) is 12.0 Å². The number of carbonyl (C=O) groups excluding carboxylic acids is 3. The number of hydrogen-bond donors (Lipinski definition) is 1. The molecule has 6 heteroatoms. The average molecular weight is 455 g/mol. The third-order valence-electron chi connectivity index (χ3n) is 6.97. The molecule has 1 aliphatic heterocycles. The highest BCUT2D eigenvalue weighted by Gasteiger charge is 2.77. The Bertz CT molecular complexity index is 1210. The molecule has 1 aliphatic carbocycles. The molecule has 0 aromatic heterocycles. The van der Waals surface area contributed by atoms with Crippen molar-refractivity contribution < 1.29 is 19.1 Å². The summed E-state index contributed by atoms with van der Waals surface area (Å²) >= 11 is 0. The highest BCUT2D eigenvalue weighted by atomic mass is 16.5. The first kappa shape index (κ1) is 21.9. The van der Waals surface area contributed by atoms with Gasteiger partial charge in [-0.3, -0.25) is 14.4 Å². The molecule has 6 nitrogen and oxygen atoms in total. The highest BCUT2D eigenvalue weighted by molar-refractivity contribution is 6.42. The predicted octanol–water partition coefficient (Wildman–Crippen LogP) is 3.32. The molecule has 1 saturated heterocycles. The van der Waals surface area contributed by atoms with E-state index in [4.69, 9.17) is 4.74 Å². The molecule has 2 aliphatic rings. The second-order valence-corrected chi connectivity index (χ2v) is 8.95. The highest BCUT2D eigenvalue weighted by Crippen LogP contribution is 2.67. The van der Waals surface area contributed by atoms with Crippen molar-refractivity contribution in [1.82, 2.24) is 10.2 Å². The third kappa shape index (κ3) is 3.75. The zero-order chi connectivity index (χ0) is 23.7. The Morgan fingerprint density at radius 3 is 2.24 bits per heavy atom. The van der Waals surface area contributed by atoms with Crippen LogP contribution in [0.1, 0.15) is 22.6 Å². The number of carbonyl (C=O) groups is 3. The Kier molecular flexibility index (Phi) is 5.65. The Morgan fingerprint density at radius 1 is 0.941 bits per heavy atom. The van der Waals surface area contributed by atoms with E-state index in [2.05, 4.69) is 5.32 Å². The Morgan fingerprint density at radius 2 is 1.59 bits per heavy atom. The zero-order valence-electron chi connectivity index (χ0n) is 18.9. The van der Waals surface area contributed by atoms with E-state index in [1.165, 1.54) is 0 Å². The summed E-state index contributed by atoms with van der Waals surface area (Å²) in [7, 11) is 1.61. The lowest BCUT2D eigenvalue weighted by Crippen LogP contribution is -2.29. The molecule has 2 fully saturated rings. The first-order chi connectivity index (χ1) is 16.5. The van der Waals surface area contributed by atoms with Crippen molar-refractivity contribution in [2.45, 2.75) is 19.0 Å². The molecule has 3 atom stereocenters. The van der Waals surface area contributed by atoms with Crippen molar-refractivity contribution in [3.05, 3.63) is 102 Å². The molecule has 0 bridgehead atoms. The van der Waals surface area contributed by atoms with E-state index < -0.39 is 23.0 Å². The topological polar surface area (TPSA) is 75.7 Å². The van der Waals surface area contributed by atoms with Gasteiger partial charge in [0.05, 0.1) is 18.4 Å². The summed E-state index contributed by atoms with van der Waals surface area (Å²) in [5.41, 5.74) is 1.78. The summed E-state index contributed by atoms with van der Waals surface area (Å²) in [6, 6.07) is 26.6. The second kappa shape index (κ2) is 8.78. The van der Waals surface area contributed by atoms with Gasteiger partial charge in [0.15, 0.2) is 0 Å². The minimum absolute atomic E-state index is 0.201. The quantitative estimate of drug-likeness (QED) is 0.556. The second-order valence-electron chi connectivity index (χ2n) is 8.95. The number of ketones is 1. The SMILES string of the molecule is COc1ccc(CNC(=O)[C@H]2[C@H](c3ccccc3)[C@@]23CN(Cc2ccccc2)C(=O)C3=O)cc1. The zero-order valence-corrected chi connectivity index (χ0v) is 18.9. The molecule has 3 aromatic rings. The molecule has 1 spiro atoms. The molecule has 172 valence electrons. The third-order valence-corrected chi connectivity index (χ3v) is 6.97. The number of nitrogens with one attached hydrogen (secondary N) is 1. The van der Waals surface area contributed by atoms with Crippen molar-refractivity contribution in [2.75, 3.05) is 13.7 Å². The van der Waals surface area contributed by atoms with E-state index in [-0.39, 0.29) is 18.4 Å². The van der Waals surface area contributed by atoms with Gasteiger partial charge in [0.25, 0.3) is 5.91 Å². The fourth-order valence-electron chi connectivity index (χ4n) is 5.23. The number of benzene rings is 3. The van der Waals surface area contributed by atoms with Crippen LogP contribution < -0.4 is 10.1 Å². The molecule has 1 N–H and O–H groups in total. The van der Waals surface area contributed by atoms with Gasteiger partial charge < -0.3 is 15.0 Å². The van der Waals surface area contributed by atoms with Crippen molar-refractivity contribution in [3.63, 3.8) is 0 Å². The maximum absolute atomic E-state index is 13.3. The van der Waals surface area contributed by atoms with Gasteiger partial charge in [-0.05, 0) is 28.8 Å². The lowest BCUT2D eigenvalue weighted by Gasteiger charge is -2.16. The van der Waals surface area contributed by atoms with Gasteiger partial charge in [0.1, 0.15) is 5.75 Å². The molecule has 1 heterocycles. The molecule has 1 saturated carbocycles. The normalized spacial score (nSPS) is 23.3. The number of ether oxygens (including phenoxy) is 1. The average Bonchev–Trinajstić information content (AvgIpc) is 3.50. The molecule has 3 aromatic carbocycles. The Hall–Kier alpha value is -3.93. The Labute approximate surface area is 198 Å². The van der Waals surface area contributed by atoms with Gasteiger partial charge in [0.2, 0.25) is 11.7 Å². The fourth-order valence-corrected chi connectivity index (χ4v) is 5.23. The minimum Gasteiger partial charge on any atom is -0.497 e. The maximum Gasteiger partial charge on any atom is 0.290 e. The summed E-state index contributed by atoms with van der Waals surface area (Å²) in [6.45, 7) is 0.946. The van der Waals surface area contributed by atoms with Gasteiger partial charge in [-0.2, -0.15) is 0 Å². The maximum atomic E-state index is 13.3. The van der Waals surface area contributed by atoms with E-state index in [0.717, 1.165) is 22.4 Å². The van der Waals surface area contributed by atoms with Crippen LogP contribution in [0.15, 0.2) is 84.9 Å². The van der Waals surface area contributed by atoms with Gasteiger partial charge in [-0.1, -0.05) is 72.8 Å². The van der Waals surface area contributed by atoms with Crippen LogP contribution in [0, 0.1) is 11.3 Å². The summed E-state index contributed by atoms with van der Waals surface area (Å²) in [6.07, 6.45) is 0. The molecule has 0 unspecified atom stereocenters. The molecular weight excluding hydrogens is 428 g/mol. The van der Waals surface area contributed by atoms with Crippen LogP contribution in [0.2, 0.25) is 0 Å². The van der Waals surface area contributed by atoms with Crippen LogP contribution in [0.25, 0.3) is 0 Å². The number of likely N-dealkylation sites (tertiary alicyclic amines) is 1. The number of methoxy groups -OCH3 is 1. The minimum atomic E-state index is -1.02. The smallest absolute Gasteiger partial charge is 0.290 e. The summed E-state index contributed by atoms with van der Waals surface area (Å²) in [5.74, 6) is -1.31. The van der Waals surface area contributed by atoms with E-state index in [0.29, 0.717) is 13.1 Å². The number of rotatable bonds is 7. The molecule has 5 rings (SSSR count). The summed E-state index contributed by atoms with van der Waals surface area (Å²) in [4.78, 5) is 41.3. The van der Waals surface area contributed by atoms with E-state index in [1.807, 2.05) is 84.9 Å². The first-order valence-electron chi connectivity index (χ1n) is 11.4. The predicted molar refractivity (Wildman–Crippen MR) is 127 cm³/mol. The van der Waals surface area contributed by atoms with Gasteiger partial charge in [0, 0.05) is 25.6 Å². The summed E-state index contributed by atoms with van der Waals surface area (Å²) < 4.78 is 5.18. The van der Waals surface area contributed by atoms with Crippen LogP contribution in [-0.4, -0.2) is 36.2 Å². The first-order valence-corrected chi connectivity index (χ1v) is 11.4. The Balaban J connectivity index is 1.38. The molecule has 0 radical (unpaired) electrons. The van der Waals surface area contributed by atoms with Crippen LogP contribution in [0.4, 0.5) is 0 Å². The van der Waals surface area contributed by atoms with Crippen molar-refractivity contribution in [2.24, 2.45) is 11.3 Å². The number of amides is 2. The number of nitrogens with zero attached hydrogens (tertiary/aromatic N) is 1. The van der Waals surface area contributed by atoms with Gasteiger partial charge in [-0.15, -0.1) is 0 Å². The summed E-state index contributed by atoms with van der Waals surface area (Å²) in [5, 5.41) is 2.99. The van der Waals surface area contributed by atoms with Gasteiger partial charge >= 0.3 is 0 Å². The van der Waals surface area contributed by atoms with Crippen molar-refractivity contribution in [1.29, 1.82) is 0 Å². The lowest BCUT2D eigenvalue weighted by atomic mass is 9.96. The van der Waals surface area contributed by atoms with Crippen LogP contribution >= 0.6 is 0 Å². The lowest BCUT2D eigenvalue weighted by molar-refractivity contribution is -0.141. The fraction of sp³-hybridized carbons (Fsp3) is 0.250. The number of Topliss-reactive ketones (excluding diaryl/α,β-unsaturated/α-hetero) is 1.